The van der Waals surface area contributed by atoms with Crippen molar-refractivity contribution in [2.45, 2.75) is 6.61 Å². The number of rotatable bonds is 5. The predicted molar refractivity (Wildman–Crippen MR) is 99.0 cm³/mol. The molecule has 1 heterocycles. The molecular weight excluding hydrogens is 330 g/mol. The SMILES string of the molecule is O=[N+]([O-])c1ccc(COc2ccccc2-c2nc3ccccc3[nH]2)cc1. The molecule has 4 aromatic rings. The van der Waals surface area contributed by atoms with Gasteiger partial charge in [0.15, 0.2) is 0 Å². The third-order valence-corrected chi connectivity index (χ3v) is 4.07. The van der Waals surface area contributed by atoms with Gasteiger partial charge in [-0.25, -0.2) is 4.98 Å². The topological polar surface area (TPSA) is 81.1 Å². The Kier molecular flexibility index (Phi) is 4.07. The number of nitrogens with zero attached hydrogens (tertiary/aromatic N) is 2. The monoisotopic (exact) mass is 345 g/mol. The summed E-state index contributed by atoms with van der Waals surface area (Å²) < 4.78 is 5.94. The van der Waals surface area contributed by atoms with Crippen LogP contribution < -0.4 is 4.74 Å². The molecule has 0 spiro atoms. The molecule has 0 bridgehead atoms. The number of fused-ring (bicyclic) bond motifs is 1. The first-order valence-corrected chi connectivity index (χ1v) is 8.11. The van der Waals surface area contributed by atoms with Crippen LogP contribution in [0.3, 0.4) is 0 Å². The number of ether oxygens (including phenoxy) is 1. The molecule has 6 nitrogen and oxygen atoms in total. The Morgan fingerprint density at radius 3 is 2.46 bits per heavy atom. The minimum atomic E-state index is -0.415. The van der Waals surface area contributed by atoms with Gasteiger partial charge in [0, 0.05) is 12.1 Å². The number of imidazole rings is 1. The van der Waals surface area contributed by atoms with Gasteiger partial charge in [0.2, 0.25) is 0 Å². The number of para-hydroxylation sites is 3. The highest BCUT2D eigenvalue weighted by molar-refractivity contribution is 5.80. The number of hydrogen-bond acceptors (Lipinski definition) is 4. The van der Waals surface area contributed by atoms with Gasteiger partial charge in [0.25, 0.3) is 5.69 Å². The first-order valence-electron chi connectivity index (χ1n) is 8.11. The molecule has 6 heteroatoms. The van der Waals surface area contributed by atoms with Crippen molar-refractivity contribution in [3.63, 3.8) is 0 Å². The van der Waals surface area contributed by atoms with Gasteiger partial charge in [0.05, 0.1) is 21.5 Å². The maximum atomic E-state index is 10.7. The molecule has 0 unspecified atom stereocenters. The second-order valence-electron chi connectivity index (χ2n) is 5.81. The number of H-pyrrole nitrogens is 1. The number of nitrogens with one attached hydrogen (secondary N) is 1. The van der Waals surface area contributed by atoms with Crippen LogP contribution in [0.25, 0.3) is 22.4 Å². The molecule has 0 aliphatic rings. The number of benzene rings is 3. The van der Waals surface area contributed by atoms with Gasteiger partial charge in [-0.15, -0.1) is 0 Å². The fourth-order valence-corrected chi connectivity index (χ4v) is 2.74. The minimum absolute atomic E-state index is 0.0661. The number of nitro benzene ring substituents is 1. The zero-order valence-corrected chi connectivity index (χ0v) is 13.8. The molecule has 0 amide bonds. The van der Waals surface area contributed by atoms with E-state index in [0.717, 1.165) is 28.0 Å². The van der Waals surface area contributed by atoms with E-state index < -0.39 is 4.92 Å². The maximum absolute atomic E-state index is 10.7. The van der Waals surface area contributed by atoms with Gasteiger partial charge in [-0.1, -0.05) is 24.3 Å². The van der Waals surface area contributed by atoms with Gasteiger partial charge in [-0.3, -0.25) is 10.1 Å². The summed E-state index contributed by atoms with van der Waals surface area (Å²) in [6.45, 7) is 0.315. The molecule has 0 atom stereocenters. The van der Waals surface area contributed by atoms with Crippen LogP contribution in [-0.4, -0.2) is 14.9 Å². The number of hydrogen-bond donors (Lipinski definition) is 1. The molecule has 4 rings (SSSR count). The van der Waals surface area contributed by atoms with Crippen LogP contribution in [0.2, 0.25) is 0 Å². The average Bonchev–Trinajstić information content (AvgIpc) is 3.11. The summed E-state index contributed by atoms with van der Waals surface area (Å²) in [6.07, 6.45) is 0. The van der Waals surface area contributed by atoms with Gasteiger partial charge in [-0.05, 0) is 42.0 Å². The standard InChI is InChI=1S/C20H15N3O3/c24-23(25)15-11-9-14(10-12-15)13-26-19-8-4-1-5-16(19)20-21-17-6-2-3-7-18(17)22-20/h1-12H,13H2,(H,21,22). The summed E-state index contributed by atoms with van der Waals surface area (Å²) >= 11 is 0. The van der Waals surface area contributed by atoms with Crippen LogP contribution in [0.4, 0.5) is 5.69 Å². The second kappa shape index (κ2) is 6.68. The highest BCUT2D eigenvalue weighted by Gasteiger charge is 2.11. The predicted octanol–water partition coefficient (Wildman–Crippen LogP) is 4.72. The summed E-state index contributed by atoms with van der Waals surface area (Å²) in [4.78, 5) is 18.2. The van der Waals surface area contributed by atoms with Crippen molar-refractivity contribution in [1.29, 1.82) is 0 Å². The fraction of sp³-hybridized carbons (Fsp3) is 0.0500. The van der Waals surface area contributed by atoms with E-state index in [1.54, 1.807) is 12.1 Å². The Morgan fingerprint density at radius 2 is 1.69 bits per heavy atom. The van der Waals surface area contributed by atoms with Crippen molar-refractivity contribution < 1.29 is 9.66 Å². The fourth-order valence-electron chi connectivity index (χ4n) is 2.74. The molecule has 0 fully saturated rings. The zero-order chi connectivity index (χ0) is 17.9. The van der Waals surface area contributed by atoms with Crippen LogP contribution in [-0.2, 0) is 6.61 Å². The van der Waals surface area contributed by atoms with Crippen molar-refractivity contribution in [3.8, 4) is 17.1 Å². The Hall–Kier alpha value is -3.67. The zero-order valence-electron chi connectivity index (χ0n) is 13.8. The van der Waals surface area contributed by atoms with E-state index in [1.165, 1.54) is 12.1 Å². The molecule has 3 aromatic carbocycles. The third kappa shape index (κ3) is 3.12. The molecule has 0 aliphatic carbocycles. The van der Waals surface area contributed by atoms with Gasteiger partial charge in [0.1, 0.15) is 18.2 Å². The Balaban J connectivity index is 1.58. The van der Waals surface area contributed by atoms with E-state index in [9.17, 15) is 10.1 Å². The lowest BCUT2D eigenvalue weighted by Crippen LogP contribution is -1.98. The van der Waals surface area contributed by atoms with Crippen LogP contribution in [0.15, 0.2) is 72.8 Å². The molecule has 0 saturated carbocycles. The molecule has 1 N–H and O–H groups in total. The van der Waals surface area contributed by atoms with Crippen molar-refractivity contribution in [3.05, 3.63) is 88.5 Å². The van der Waals surface area contributed by atoms with Crippen molar-refractivity contribution in [2.75, 3.05) is 0 Å². The molecule has 26 heavy (non-hydrogen) atoms. The van der Waals surface area contributed by atoms with E-state index in [1.807, 2.05) is 48.5 Å². The largest absolute Gasteiger partial charge is 0.488 e. The Bertz CT molecular complexity index is 1040. The van der Waals surface area contributed by atoms with E-state index in [2.05, 4.69) is 9.97 Å². The summed E-state index contributed by atoms with van der Waals surface area (Å²) in [6, 6.07) is 21.8. The van der Waals surface area contributed by atoms with E-state index in [4.69, 9.17) is 4.74 Å². The third-order valence-electron chi connectivity index (χ3n) is 4.07. The van der Waals surface area contributed by atoms with Gasteiger partial charge < -0.3 is 9.72 Å². The van der Waals surface area contributed by atoms with Crippen molar-refractivity contribution >= 4 is 16.7 Å². The van der Waals surface area contributed by atoms with Gasteiger partial charge in [-0.2, -0.15) is 0 Å². The highest BCUT2D eigenvalue weighted by atomic mass is 16.6. The Morgan fingerprint density at radius 1 is 0.962 bits per heavy atom. The average molecular weight is 345 g/mol. The van der Waals surface area contributed by atoms with Crippen molar-refractivity contribution in [2.24, 2.45) is 0 Å². The van der Waals surface area contributed by atoms with Crippen LogP contribution in [0, 0.1) is 10.1 Å². The number of non-ortho nitro benzene ring substituents is 1. The van der Waals surface area contributed by atoms with E-state index >= 15 is 0 Å². The lowest BCUT2D eigenvalue weighted by Gasteiger charge is -2.10. The first kappa shape index (κ1) is 15.8. The molecule has 128 valence electrons. The molecule has 0 saturated heterocycles. The molecule has 0 aliphatic heterocycles. The van der Waals surface area contributed by atoms with Crippen LogP contribution >= 0.6 is 0 Å². The lowest BCUT2D eigenvalue weighted by atomic mass is 10.2. The normalized spacial score (nSPS) is 10.8. The molecular formula is C20H15N3O3. The summed E-state index contributed by atoms with van der Waals surface area (Å²) in [7, 11) is 0. The minimum Gasteiger partial charge on any atom is -0.488 e. The highest BCUT2D eigenvalue weighted by Crippen LogP contribution is 2.30. The number of nitro groups is 1. The van der Waals surface area contributed by atoms with E-state index in [0.29, 0.717) is 12.4 Å². The number of aromatic nitrogens is 2. The van der Waals surface area contributed by atoms with Crippen LogP contribution in [0.1, 0.15) is 5.56 Å². The lowest BCUT2D eigenvalue weighted by molar-refractivity contribution is -0.384. The second-order valence-corrected chi connectivity index (χ2v) is 5.81. The summed E-state index contributed by atoms with van der Waals surface area (Å²) in [5.41, 5.74) is 3.65. The number of aromatic amines is 1. The van der Waals surface area contributed by atoms with Crippen LogP contribution in [0.5, 0.6) is 5.75 Å². The maximum Gasteiger partial charge on any atom is 0.269 e. The molecule has 0 radical (unpaired) electrons. The smallest absolute Gasteiger partial charge is 0.269 e. The first-order chi connectivity index (χ1) is 12.7. The quantitative estimate of drug-likeness (QED) is 0.419. The molecule has 1 aromatic heterocycles. The van der Waals surface area contributed by atoms with E-state index in [-0.39, 0.29) is 5.69 Å². The Labute approximate surface area is 149 Å². The van der Waals surface area contributed by atoms with Crippen molar-refractivity contribution in [1.82, 2.24) is 9.97 Å². The van der Waals surface area contributed by atoms with Gasteiger partial charge >= 0.3 is 0 Å². The summed E-state index contributed by atoms with van der Waals surface area (Å²) in [5, 5.41) is 10.7. The summed E-state index contributed by atoms with van der Waals surface area (Å²) in [5.74, 6) is 1.44.